The maximum Gasteiger partial charge on any atom is 0.246 e. The van der Waals surface area contributed by atoms with Crippen molar-refractivity contribution in [3.63, 3.8) is 0 Å². The summed E-state index contributed by atoms with van der Waals surface area (Å²) in [6.45, 7) is 5.07. The molecule has 0 saturated carbocycles. The highest BCUT2D eigenvalue weighted by atomic mass is 16.2. The van der Waals surface area contributed by atoms with Crippen molar-refractivity contribution in [2.45, 2.75) is 12.5 Å². The number of nitrogens with one attached hydrogen (secondary N) is 1. The van der Waals surface area contributed by atoms with Gasteiger partial charge in [-0.05, 0) is 24.1 Å². The van der Waals surface area contributed by atoms with E-state index in [0.717, 1.165) is 41.8 Å². The number of carbonyl (C=O) groups excluding carboxylic acids is 1. The van der Waals surface area contributed by atoms with Crippen LogP contribution < -0.4 is 4.90 Å². The molecule has 5 heteroatoms. The number of aromatic amines is 1. The number of likely N-dealkylation sites (N-methyl/N-ethyl adjacent to an activating group) is 1. The smallest absolute Gasteiger partial charge is 0.246 e. The predicted molar refractivity (Wildman–Crippen MR) is 105 cm³/mol. The zero-order valence-corrected chi connectivity index (χ0v) is 14.9. The summed E-state index contributed by atoms with van der Waals surface area (Å²) in [6, 6.07) is 12.8. The van der Waals surface area contributed by atoms with Crippen LogP contribution in [0, 0.1) is 0 Å². The molecule has 132 valence electrons. The van der Waals surface area contributed by atoms with Gasteiger partial charge in [-0.25, -0.2) is 4.98 Å². The number of benzene rings is 1. The molecule has 4 rings (SSSR count). The molecule has 1 N–H and O–H groups in total. The number of anilines is 1. The SMILES string of the molecule is C=CC(=O)N1CC[C@@H](N(C)c2cnc3[nH]cc(-c4ccccc4)c3c2)C1. The maximum atomic E-state index is 11.8. The summed E-state index contributed by atoms with van der Waals surface area (Å²) in [5, 5.41) is 1.11. The van der Waals surface area contributed by atoms with Crippen molar-refractivity contribution in [1.82, 2.24) is 14.9 Å². The molecular formula is C21H22N4O. The second-order valence-corrected chi connectivity index (χ2v) is 6.70. The van der Waals surface area contributed by atoms with Crippen molar-refractivity contribution in [2.24, 2.45) is 0 Å². The summed E-state index contributed by atoms with van der Waals surface area (Å²) in [7, 11) is 2.07. The first-order valence-electron chi connectivity index (χ1n) is 8.84. The number of nitrogens with zero attached hydrogens (tertiary/aromatic N) is 3. The zero-order chi connectivity index (χ0) is 18.1. The summed E-state index contributed by atoms with van der Waals surface area (Å²) in [4.78, 5) is 23.8. The first kappa shape index (κ1) is 16.4. The van der Waals surface area contributed by atoms with E-state index in [0.29, 0.717) is 0 Å². The minimum absolute atomic E-state index is 0.00600. The van der Waals surface area contributed by atoms with E-state index in [4.69, 9.17) is 0 Å². The normalized spacial score (nSPS) is 16.8. The molecule has 0 spiro atoms. The molecule has 1 aliphatic rings. The molecule has 26 heavy (non-hydrogen) atoms. The predicted octanol–water partition coefficient (Wildman–Crippen LogP) is 3.45. The van der Waals surface area contributed by atoms with Gasteiger partial charge in [-0.1, -0.05) is 36.9 Å². The zero-order valence-electron chi connectivity index (χ0n) is 14.9. The third-order valence-electron chi connectivity index (χ3n) is 5.21. The van der Waals surface area contributed by atoms with Crippen molar-refractivity contribution >= 4 is 22.6 Å². The van der Waals surface area contributed by atoms with Crippen molar-refractivity contribution in [2.75, 3.05) is 25.0 Å². The highest BCUT2D eigenvalue weighted by molar-refractivity contribution is 5.95. The van der Waals surface area contributed by atoms with Crippen molar-refractivity contribution in [3.8, 4) is 11.1 Å². The van der Waals surface area contributed by atoms with Gasteiger partial charge >= 0.3 is 0 Å². The van der Waals surface area contributed by atoms with Gasteiger partial charge in [-0.15, -0.1) is 0 Å². The Kier molecular flexibility index (Phi) is 4.21. The summed E-state index contributed by atoms with van der Waals surface area (Å²) in [5.74, 6) is 0.00600. The molecule has 0 bridgehead atoms. The van der Waals surface area contributed by atoms with Crippen molar-refractivity contribution in [3.05, 3.63) is 61.4 Å². The van der Waals surface area contributed by atoms with Crippen LogP contribution in [0.3, 0.4) is 0 Å². The minimum Gasteiger partial charge on any atom is -0.368 e. The molecule has 0 radical (unpaired) electrons. The highest BCUT2D eigenvalue weighted by Crippen LogP contribution is 2.31. The van der Waals surface area contributed by atoms with Gasteiger partial charge < -0.3 is 14.8 Å². The Morgan fingerprint density at radius 1 is 1.38 bits per heavy atom. The Morgan fingerprint density at radius 3 is 2.96 bits per heavy atom. The molecule has 3 aromatic rings. The number of fused-ring (bicyclic) bond motifs is 1. The fraction of sp³-hybridized carbons (Fsp3) is 0.238. The van der Waals surface area contributed by atoms with Gasteiger partial charge in [-0.2, -0.15) is 0 Å². The van der Waals surface area contributed by atoms with Crippen LogP contribution in [0.2, 0.25) is 0 Å². The van der Waals surface area contributed by atoms with Gasteiger partial charge in [0.15, 0.2) is 0 Å². The fourth-order valence-electron chi connectivity index (χ4n) is 3.64. The van der Waals surface area contributed by atoms with Crippen LogP contribution in [0.15, 0.2) is 61.4 Å². The number of likely N-dealkylation sites (tertiary alicyclic amines) is 1. The largest absolute Gasteiger partial charge is 0.368 e. The molecule has 2 aromatic heterocycles. The molecule has 0 aliphatic carbocycles. The third-order valence-corrected chi connectivity index (χ3v) is 5.21. The van der Waals surface area contributed by atoms with Crippen LogP contribution in [0.5, 0.6) is 0 Å². The second kappa shape index (κ2) is 6.67. The van der Waals surface area contributed by atoms with E-state index in [-0.39, 0.29) is 11.9 Å². The number of aromatic nitrogens is 2. The van der Waals surface area contributed by atoms with Gasteiger partial charge in [0.2, 0.25) is 5.91 Å². The first-order chi connectivity index (χ1) is 12.7. The molecular weight excluding hydrogens is 324 g/mol. The Bertz CT molecular complexity index is 947. The number of hydrogen-bond acceptors (Lipinski definition) is 3. The van der Waals surface area contributed by atoms with Crippen LogP contribution in [-0.4, -0.2) is 47.0 Å². The van der Waals surface area contributed by atoms with Gasteiger partial charge in [0.05, 0.1) is 11.9 Å². The molecule has 1 atom stereocenters. The summed E-state index contributed by atoms with van der Waals surface area (Å²) < 4.78 is 0. The number of amides is 1. The lowest BCUT2D eigenvalue weighted by molar-refractivity contribution is -0.125. The maximum absolute atomic E-state index is 11.8. The Labute approximate surface area is 153 Å². The topological polar surface area (TPSA) is 52.2 Å². The van der Waals surface area contributed by atoms with E-state index in [1.54, 1.807) is 0 Å². The van der Waals surface area contributed by atoms with Gasteiger partial charge in [0.25, 0.3) is 0 Å². The number of carbonyl (C=O) groups is 1. The molecule has 1 saturated heterocycles. The quantitative estimate of drug-likeness (QED) is 0.736. The molecule has 1 aromatic carbocycles. The lowest BCUT2D eigenvalue weighted by Crippen LogP contribution is -2.36. The average Bonchev–Trinajstić information content (AvgIpc) is 3.34. The number of rotatable bonds is 4. The van der Waals surface area contributed by atoms with Crippen molar-refractivity contribution < 1.29 is 4.79 Å². The monoisotopic (exact) mass is 346 g/mol. The lowest BCUT2D eigenvalue weighted by atomic mass is 10.1. The molecule has 1 amide bonds. The van der Waals surface area contributed by atoms with Gasteiger partial charge in [-0.3, -0.25) is 4.79 Å². The Morgan fingerprint density at radius 2 is 2.19 bits per heavy atom. The summed E-state index contributed by atoms with van der Waals surface area (Å²) >= 11 is 0. The molecule has 3 heterocycles. The van der Waals surface area contributed by atoms with E-state index in [9.17, 15) is 4.79 Å². The van der Waals surface area contributed by atoms with E-state index in [1.807, 2.05) is 35.5 Å². The molecule has 0 unspecified atom stereocenters. The fourth-order valence-corrected chi connectivity index (χ4v) is 3.64. The molecule has 1 fully saturated rings. The van der Waals surface area contributed by atoms with E-state index >= 15 is 0 Å². The van der Waals surface area contributed by atoms with Gasteiger partial charge in [0, 0.05) is 43.3 Å². The molecule has 1 aliphatic heterocycles. The van der Waals surface area contributed by atoms with E-state index < -0.39 is 0 Å². The van der Waals surface area contributed by atoms with Crippen molar-refractivity contribution in [1.29, 1.82) is 0 Å². The third kappa shape index (κ3) is 2.86. The Hall–Kier alpha value is -3.08. The van der Waals surface area contributed by atoms with Crippen LogP contribution in [0.25, 0.3) is 22.2 Å². The number of pyridine rings is 1. The lowest BCUT2D eigenvalue weighted by Gasteiger charge is -2.26. The Balaban J connectivity index is 1.63. The first-order valence-corrected chi connectivity index (χ1v) is 8.84. The number of hydrogen-bond donors (Lipinski definition) is 1. The van der Waals surface area contributed by atoms with E-state index in [2.05, 4.69) is 46.7 Å². The van der Waals surface area contributed by atoms with Crippen LogP contribution >= 0.6 is 0 Å². The van der Waals surface area contributed by atoms with Crippen LogP contribution in [-0.2, 0) is 4.79 Å². The second-order valence-electron chi connectivity index (χ2n) is 6.70. The number of H-pyrrole nitrogens is 1. The summed E-state index contributed by atoms with van der Waals surface area (Å²) in [6.07, 6.45) is 6.25. The highest BCUT2D eigenvalue weighted by Gasteiger charge is 2.28. The average molecular weight is 346 g/mol. The standard InChI is InChI=1S/C21H22N4O/c1-3-20(26)25-10-9-16(14-25)24(2)17-11-18-19(13-23-21(18)22-12-17)15-7-5-4-6-8-15/h3-8,11-13,16H,1,9-10,14H2,2H3,(H,22,23)/t16-/m1/s1. The van der Waals surface area contributed by atoms with Gasteiger partial charge in [0.1, 0.15) is 5.65 Å². The van der Waals surface area contributed by atoms with Crippen LogP contribution in [0.1, 0.15) is 6.42 Å². The minimum atomic E-state index is 0.00600. The summed E-state index contributed by atoms with van der Waals surface area (Å²) in [5.41, 5.74) is 4.27. The molecule has 5 nitrogen and oxygen atoms in total. The van der Waals surface area contributed by atoms with E-state index in [1.165, 1.54) is 11.6 Å². The van der Waals surface area contributed by atoms with Crippen LogP contribution in [0.4, 0.5) is 5.69 Å².